The first-order valence-corrected chi connectivity index (χ1v) is 10.0. The average molecular weight is 423 g/mol. The summed E-state index contributed by atoms with van der Waals surface area (Å²) in [7, 11) is 0. The molecule has 2 heterocycles. The maximum Gasteiger partial charge on any atom is 0.277 e. The van der Waals surface area contributed by atoms with Gasteiger partial charge in [0.15, 0.2) is 17.2 Å². The number of benzene rings is 1. The van der Waals surface area contributed by atoms with Gasteiger partial charge in [-0.2, -0.15) is 0 Å². The number of hydrogen-bond acceptors (Lipinski definition) is 6. The number of furan rings is 1. The number of amides is 2. The van der Waals surface area contributed by atoms with Crippen molar-refractivity contribution >= 4 is 39.8 Å². The quantitative estimate of drug-likeness (QED) is 0.444. The normalized spacial score (nSPS) is 11.6. The zero-order chi connectivity index (χ0) is 22.7. The van der Waals surface area contributed by atoms with Crippen LogP contribution in [0, 0.1) is 6.92 Å². The Morgan fingerprint density at radius 3 is 2.42 bits per heavy atom. The van der Waals surface area contributed by atoms with Gasteiger partial charge in [0, 0.05) is 37.5 Å². The fraction of sp³-hybridized carbons (Fsp3) is 0.304. The zero-order valence-electron chi connectivity index (χ0n) is 18.2. The number of anilines is 1. The number of aromatic nitrogens is 1. The molecule has 3 aromatic rings. The van der Waals surface area contributed by atoms with Crippen LogP contribution in [-0.2, 0) is 4.79 Å². The summed E-state index contributed by atoms with van der Waals surface area (Å²) >= 11 is 0. The predicted octanol–water partition coefficient (Wildman–Crippen LogP) is 4.46. The third-order valence-electron chi connectivity index (χ3n) is 4.98. The molecule has 0 unspecified atom stereocenters. The first-order chi connectivity index (χ1) is 14.7. The molecular formula is C23H25N3O5. The second-order valence-electron chi connectivity index (χ2n) is 7.19. The summed E-state index contributed by atoms with van der Waals surface area (Å²) in [6, 6.07) is 6.81. The van der Waals surface area contributed by atoms with Gasteiger partial charge in [-0.05, 0) is 51.0 Å². The summed E-state index contributed by atoms with van der Waals surface area (Å²) in [6.07, 6.45) is 1.58. The molecule has 0 aliphatic heterocycles. The molecule has 0 aliphatic carbocycles. The summed E-state index contributed by atoms with van der Waals surface area (Å²) in [5, 5.41) is 6.98. The molecule has 8 heteroatoms. The number of carbonyl (C=O) groups is 3. The van der Waals surface area contributed by atoms with Crippen molar-refractivity contribution in [3.63, 3.8) is 0 Å². The van der Waals surface area contributed by atoms with E-state index in [1.54, 1.807) is 30.0 Å². The lowest BCUT2D eigenvalue weighted by atomic mass is 10.0. The fourth-order valence-corrected chi connectivity index (χ4v) is 3.26. The van der Waals surface area contributed by atoms with E-state index >= 15 is 0 Å². The van der Waals surface area contributed by atoms with E-state index in [9.17, 15) is 14.4 Å². The van der Waals surface area contributed by atoms with E-state index in [-0.39, 0.29) is 28.8 Å². The van der Waals surface area contributed by atoms with Crippen LogP contribution in [0.15, 0.2) is 39.3 Å². The van der Waals surface area contributed by atoms with Crippen LogP contribution in [0.5, 0.6) is 0 Å². The van der Waals surface area contributed by atoms with Crippen LogP contribution in [0.4, 0.5) is 5.69 Å². The van der Waals surface area contributed by atoms with Crippen molar-refractivity contribution in [3.8, 4) is 0 Å². The first kappa shape index (κ1) is 22.0. The molecule has 2 amide bonds. The minimum Gasteiger partial charge on any atom is -0.451 e. The number of nitrogens with zero attached hydrogens (tertiary/aromatic N) is 2. The molecule has 1 N–H and O–H groups in total. The third-order valence-corrected chi connectivity index (χ3v) is 4.98. The number of allylic oxidation sites excluding steroid dienone is 1. The van der Waals surface area contributed by atoms with Crippen LogP contribution in [-0.4, -0.2) is 40.7 Å². The molecule has 0 atom stereocenters. The minimum atomic E-state index is -0.517. The summed E-state index contributed by atoms with van der Waals surface area (Å²) < 4.78 is 10.6. The van der Waals surface area contributed by atoms with Gasteiger partial charge >= 0.3 is 0 Å². The Morgan fingerprint density at radius 2 is 1.84 bits per heavy atom. The van der Waals surface area contributed by atoms with Crippen LogP contribution in [0.1, 0.15) is 60.1 Å². The second-order valence-corrected chi connectivity index (χ2v) is 7.19. The van der Waals surface area contributed by atoms with E-state index < -0.39 is 5.91 Å². The highest BCUT2D eigenvalue weighted by atomic mass is 16.5. The molecule has 0 bridgehead atoms. The molecule has 0 spiro atoms. The molecule has 0 radical (unpaired) electrons. The first-order valence-electron chi connectivity index (χ1n) is 10.0. The van der Waals surface area contributed by atoms with Crippen LogP contribution < -0.4 is 5.32 Å². The highest BCUT2D eigenvalue weighted by Gasteiger charge is 2.22. The summed E-state index contributed by atoms with van der Waals surface area (Å²) in [5.41, 5.74) is 2.34. The van der Waals surface area contributed by atoms with E-state index in [1.165, 1.54) is 13.0 Å². The molecule has 2 aromatic heterocycles. The third kappa shape index (κ3) is 4.58. The smallest absolute Gasteiger partial charge is 0.277 e. The number of fused-ring (bicyclic) bond motifs is 1. The second kappa shape index (κ2) is 8.99. The van der Waals surface area contributed by atoms with Crippen molar-refractivity contribution in [2.24, 2.45) is 0 Å². The Labute approximate surface area is 179 Å². The maximum atomic E-state index is 12.6. The van der Waals surface area contributed by atoms with Crippen LogP contribution in [0.25, 0.3) is 16.5 Å². The number of nitrogens with one attached hydrogen (secondary N) is 1. The van der Waals surface area contributed by atoms with Crippen LogP contribution >= 0.6 is 0 Å². The Bertz CT molecular complexity index is 1180. The van der Waals surface area contributed by atoms with E-state index in [0.29, 0.717) is 29.8 Å². The molecule has 8 nitrogen and oxygen atoms in total. The van der Waals surface area contributed by atoms with E-state index in [2.05, 4.69) is 10.5 Å². The van der Waals surface area contributed by atoms with E-state index in [4.69, 9.17) is 8.94 Å². The molecule has 0 saturated carbocycles. The number of Topliss-reactive ketones (excluding diaryl/α,β-unsaturated/α-hetero) is 1. The van der Waals surface area contributed by atoms with Crippen molar-refractivity contribution in [2.45, 2.75) is 34.6 Å². The van der Waals surface area contributed by atoms with Crippen molar-refractivity contribution in [3.05, 3.63) is 53.1 Å². The fourth-order valence-electron chi connectivity index (χ4n) is 3.26. The topological polar surface area (TPSA) is 106 Å². The summed E-state index contributed by atoms with van der Waals surface area (Å²) in [6.45, 7) is 9.98. The zero-order valence-corrected chi connectivity index (χ0v) is 18.2. The lowest BCUT2D eigenvalue weighted by Crippen LogP contribution is -2.28. The number of aryl methyl sites for hydroxylation is 1. The van der Waals surface area contributed by atoms with Gasteiger partial charge in [0.2, 0.25) is 5.91 Å². The molecule has 3 rings (SSSR count). The number of likely N-dealkylation sites (N-methyl/N-ethyl adjacent to an activating group) is 1. The van der Waals surface area contributed by atoms with Crippen LogP contribution in [0.3, 0.4) is 0 Å². The SMILES string of the molecule is CCN(CC)C(=O)/C=C(\C)c1ccc2oc(C(C)=O)c(NC(=O)c3cc(C)on3)c2c1. The van der Waals surface area contributed by atoms with Gasteiger partial charge < -0.3 is 19.2 Å². The van der Waals surface area contributed by atoms with Crippen LogP contribution in [0.2, 0.25) is 0 Å². The highest BCUT2D eigenvalue weighted by Crippen LogP contribution is 2.34. The molecule has 0 aliphatic rings. The predicted molar refractivity (Wildman–Crippen MR) is 117 cm³/mol. The average Bonchev–Trinajstić information content (AvgIpc) is 3.32. The number of rotatable bonds is 7. The van der Waals surface area contributed by atoms with Gasteiger partial charge in [-0.25, -0.2) is 0 Å². The van der Waals surface area contributed by atoms with Gasteiger partial charge in [0.05, 0.1) is 5.69 Å². The molecule has 0 fully saturated rings. The van der Waals surface area contributed by atoms with Crippen molar-refractivity contribution in [1.82, 2.24) is 10.1 Å². The van der Waals surface area contributed by atoms with Gasteiger partial charge in [-0.1, -0.05) is 11.2 Å². The molecule has 31 heavy (non-hydrogen) atoms. The lowest BCUT2D eigenvalue weighted by molar-refractivity contribution is -0.125. The van der Waals surface area contributed by atoms with Crippen molar-refractivity contribution < 1.29 is 23.3 Å². The molecule has 162 valence electrons. The highest BCUT2D eigenvalue weighted by molar-refractivity contribution is 6.14. The monoisotopic (exact) mass is 423 g/mol. The Kier molecular flexibility index (Phi) is 6.39. The summed E-state index contributed by atoms with van der Waals surface area (Å²) in [5.74, 6) is -0.379. The van der Waals surface area contributed by atoms with Gasteiger partial charge in [0.25, 0.3) is 5.91 Å². The van der Waals surface area contributed by atoms with Gasteiger partial charge in [-0.3, -0.25) is 14.4 Å². The lowest BCUT2D eigenvalue weighted by Gasteiger charge is -2.16. The van der Waals surface area contributed by atoms with Crippen molar-refractivity contribution in [2.75, 3.05) is 18.4 Å². The maximum absolute atomic E-state index is 12.6. The van der Waals surface area contributed by atoms with E-state index in [0.717, 1.165) is 11.1 Å². The largest absolute Gasteiger partial charge is 0.451 e. The molecular weight excluding hydrogens is 398 g/mol. The Hall–Kier alpha value is -3.68. The van der Waals surface area contributed by atoms with Crippen molar-refractivity contribution in [1.29, 1.82) is 0 Å². The Morgan fingerprint density at radius 1 is 1.13 bits per heavy atom. The Balaban J connectivity index is 2.03. The molecule has 1 aromatic carbocycles. The summed E-state index contributed by atoms with van der Waals surface area (Å²) in [4.78, 5) is 38.9. The van der Waals surface area contributed by atoms with Gasteiger partial charge in [0.1, 0.15) is 11.3 Å². The minimum absolute atomic E-state index is 0.0431. The standard InChI is InChI=1S/C23H25N3O5/c1-6-26(7-2)20(28)10-13(3)16-8-9-19-17(12-16)21(22(30-19)15(5)27)24-23(29)18-11-14(4)31-25-18/h8-12H,6-7H2,1-5H3,(H,24,29)/b13-10+. The van der Waals surface area contributed by atoms with Gasteiger partial charge in [-0.15, -0.1) is 0 Å². The number of ketones is 1. The molecule has 0 saturated heterocycles. The van der Waals surface area contributed by atoms with E-state index in [1.807, 2.05) is 26.8 Å². The number of hydrogen-bond donors (Lipinski definition) is 1. The number of carbonyl (C=O) groups excluding carboxylic acids is 3.